The molecule has 1 fully saturated rings. The van der Waals surface area contributed by atoms with Gasteiger partial charge in [0.1, 0.15) is 0 Å². The van der Waals surface area contributed by atoms with Crippen molar-refractivity contribution >= 4 is 22.9 Å². The van der Waals surface area contributed by atoms with Crippen molar-refractivity contribution in [3.8, 4) is 0 Å². The molecule has 1 saturated heterocycles. The van der Waals surface area contributed by atoms with Gasteiger partial charge in [-0.05, 0) is 30.5 Å². The molecule has 1 aromatic heterocycles. The number of nitrogens with one attached hydrogen (secondary N) is 1. The zero-order valence-corrected chi connectivity index (χ0v) is 9.50. The summed E-state index contributed by atoms with van der Waals surface area (Å²) in [5, 5.41) is 3.53. The van der Waals surface area contributed by atoms with Crippen molar-refractivity contribution in [3.63, 3.8) is 0 Å². The number of thiophene rings is 1. The van der Waals surface area contributed by atoms with Crippen molar-refractivity contribution in [2.24, 2.45) is 5.41 Å². The highest BCUT2D eigenvalue weighted by atomic mass is 35.5. The molecule has 1 atom stereocenters. The molecule has 2 rings (SSSR count). The molecule has 0 spiro atoms. The van der Waals surface area contributed by atoms with Crippen molar-refractivity contribution in [1.29, 1.82) is 0 Å². The Kier molecular flexibility index (Phi) is 2.39. The van der Waals surface area contributed by atoms with Crippen molar-refractivity contribution < 1.29 is 0 Å². The monoisotopic (exact) mass is 215 g/mol. The van der Waals surface area contributed by atoms with Crippen LogP contribution in [0.5, 0.6) is 0 Å². The lowest BCUT2D eigenvalue weighted by atomic mass is 9.84. The van der Waals surface area contributed by atoms with E-state index in [2.05, 4.69) is 25.2 Å². The third-order valence-corrected chi connectivity index (χ3v) is 4.07. The summed E-state index contributed by atoms with van der Waals surface area (Å²) in [5.41, 5.74) is 0.369. The van der Waals surface area contributed by atoms with Gasteiger partial charge in [0.05, 0.1) is 4.34 Å². The lowest BCUT2D eigenvalue weighted by Gasteiger charge is -2.25. The van der Waals surface area contributed by atoms with Crippen LogP contribution in [0.25, 0.3) is 0 Å². The Labute approximate surface area is 88.1 Å². The molecule has 72 valence electrons. The van der Waals surface area contributed by atoms with Crippen molar-refractivity contribution in [1.82, 2.24) is 5.32 Å². The van der Waals surface area contributed by atoms with E-state index in [-0.39, 0.29) is 0 Å². The number of hydrogen-bond acceptors (Lipinski definition) is 2. The normalized spacial score (nSPS) is 26.5. The van der Waals surface area contributed by atoms with E-state index in [1.807, 2.05) is 6.07 Å². The SMILES string of the molecule is CC1(C)CCNC1c1ccc(Cl)s1. The second kappa shape index (κ2) is 3.26. The van der Waals surface area contributed by atoms with Crippen molar-refractivity contribution in [2.45, 2.75) is 26.3 Å². The van der Waals surface area contributed by atoms with E-state index in [0.29, 0.717) is 11.5 Å². The molecule has 0 saturated carbocycles. The lowest BCUT2D eigenvalue weighted by molar-refractivity contribution is 0.324. The lowest BCUT2D eigenvalue weighted by Crippen LogP contribution is -2.22. The van der Waals surface area contributed by atoms with Crippen LogP contribution < -0.4 is 5.32 Å². The summed E-state index contributed by atoms with van der Waals surface area (Å²) in [7, 11) is 0. The van der Waals surface area contributed by atoms with E-state index in [1.54, 1.807) is 11.3 Å². The molecule has 0 amide bonds. The molecule has 1 N–H and O–H groups in total. The topological polar surface area (TPSA) is 12.0 Å². The van der Waals surface area contributed by atoms with E-state index < -0.39 is 0 Å². The predicted octanol–water partition coefficient (Wildman–Crippen LogP) is 3.46. The first-order chi connectivity index (χ1) is 6.09. The Morgan fingerprint density at radius 2 is 2.31 bits per heavy atom. The number of rotatable bonds is 1. The highest BCUT2D eigenvalue weighted by Gasteiger charge is 2.35. The van der Waals surface area contributed by atoms with Crippen LogP contribution in [0, 0.1) is 5.41 Å². The van der Waals surface area contributed by atoms with Crippen LogP contribution in [0.15, 0.2) is 12.1 Å². The first-order valence-electron chi connectivity index (χ1n) is 4.58. The van der Waals surface area contributed by atoms with E-state index >= 15 is 0 Å². The van der Waals surface area contributed by atoms with Gasteiger partial charge in [0, 0.05) is 10.9 Å². The molecular weight excluding hydrogens is 202 g/mol. The van der Waals surface area contributed by atoms with Gasteiger partial charge in [-0.15, -0.1) is 11.3 Å². The van der Waals surface area contributed by atoms with Gasteiger partial charge < -0.3 is 5.32 Å². The van der Waals surface area contributed by atoms with Gasteiger partial charge in [-0.1, -0.05) is 25.4 Å². The fourth-order valence-corrected chi connectivity index (χ4v) is 3.28. The summed E-state index contributed by atoms with van der Waals surface area (Å²) >= 11 is 7.61. The third-order valence-electron chi connectivity index (χ3n) is 2.78. The molecular formula is C10H14ClNS. The molecule has 0 radical (unpaired) electrons. The molecule has 3 heteroatoms. The van der Waals surface area contributed by atoms with Gasteiger partial charge in [-0.3, -0.25) is 0 Å². The standard InChI is InChI=1S/C10H14ClNS/c1-10(2)5-6-12-9(10)7-3-4-8(11)13-7/h3-4,9,12H,5-6H2,1-2H3. The summed E-state index contributed by atoms with van der Waals surface area (Å²) in [6.07, 6.45) is 1.24. The fourth-order valence-electron chi connectivity index (χ4n) is 1.93. The van der Waals surface area contributed by atoms with Crippen molar-refractivity contribution in [2.75, 3.05) is 6.54 Å². The number of halogens is 1. The largest absolute Gasteiger partial charge is 0.309 e. The first kappa shape index (κ1) is 9.50. The van der Waals surface area contributed by atoms with Crippen LogP contribution in [0.4, 0.5) is 0 Å². The van der Waals surface area contributed by atoms with Crippen molar-refractivity contribution in [3.05, 3.63) is 21.3 Å². The Morgan fingerprint density at radius 1 is 1.54 bits per heavy atom. The molecule has 1 aliphatic rings. The Bertz CT molecular complexity index is 306. The van der Waals surface area contributed by atoms with Crippen LogP contribution in [0.3, 0.4) is 0 Å². The maximum atomic E-state index is 5.92. The average molecular weight is 216 g/mol. The average Bonchev–Trinajstić information content (AvgIpc) is 2.56. The summed E-state index contributed by atoms with van der Waals surface area (Å²) in [4.78, 5) is 1.37. The van der Waals surface area contributed by atoms with Crippen LogP contribution in [-0.2, 0) is 0 Å². The van der Waals surface area contributed by atoms with Crippen LogP contribution in [-0.4, -0.2) is 6.54 Å². The number of hydrogen-bond donors (Lipinski definition) is 1. The molecule has 0 aromatic carbocycles. The van der Waals surface area contributed by atoms with Crippen LogP contribution in [0.2, 0.25) is 4.34 Å². The molecule has 1 aromatic rings. The minimum absolute atomic E-state index is 0.369. The minimum atomic E-state index is 0.369. The van der Waals surface area contributed by atoms with Gasteiger partial charge in [0.25, 0.3) is 0 Å². The molecule has 1 aliphatic heterocycles. The van der Waals surface area contributed by atoms with E-state index in [9.17, 15) is 0 Å². The van der Waals surface area contributed by atoms with Crippen LogP contribution in [0.1, 0.15) is 31.2 Å². The summed E-state index contributed by atoms with van der Waals surface area (Å²) in [6.45, 7) is 5.74. The predicted molar refractivity (Wildman–Crippen MR) is 58.5 cm³/mol. The van der Waals surface area contributed by atoms with Crippen LogP contribution >= 0.6 is 22.9 Å². The molecule has 1 nitrogen and oxygen atoms in total. The fraction of sp³-hybridized carbons (Fsp3) is 0.600. The Morgan fingerprint density at radius 3 is 2.77 bits per heavy atom. The highest BCUT2D eigenvalue weighted by Crippen LogP contribution is 2.43. The molecule has 13 heavy (non-hydrogen) atoms. The summed E-state index contributed by atoms with van der Waals surface area (Å²) < 4.78 is 0.888. The quantitative estimate of drug-likeness (QED) is 0.757. The Hall–Kier alpha value is -0.0500. The molecule has 0 aliphatic carbocycles. The van der Waals surface area contributed by atoms with Gasteiger partial charge in [-0.2, -0.15) is 0 Å². The maximum absolute atomic E-state index is 5.92. The zero-order valence-electron chi connectivity index (χ0n) is 7.93. The van der Waals surface area contributed by atoms with E-state index in [0.717, 1.165) is 10.9 Å². The zero-order chi connectivity index (χ0) is 9.47. The van der Waals surface area contributed by atoms with E-state index in [4.69, 9.17) is 11.6 Å². The second-order valence-electron chi connectivity index (χ2n) is 4.27. The highest BCUT2D eigenvalue weighted by molar-refractivity contribution is 7.16. The van der Waals surface area contributed by atoms with Gasteiger partial charge in [0.15, 0.2) is 0 Å². The maximum Gasteiger partial charge on any atom is 0.0931 e. The second-order valence-corrected chi connectivity index (χ2v) is 6.01. The Balaban J connectivity index is 2.26. The first-order valence-corrected chi connectivity index (χ1v) is 5.78. The smallest absolute Gasteiger partial charge is 0.0931 e. The third kappa shape index (κ3) is 1.76. The minimum Gasteiger partial charge on any atom is -0.309 e. The molecule has 2 heterocycles. The van der Waals surface area contributed by atoms with Gasteiger partial charge >= 0.3 is 0 Å². The summed E-state index contributed by atoms with van der Waals surface area (Å²) in [6, 6.07) is 4.61. The summed E-state index contributed by atoms with van der Waals surface area (Å²) in [5.74, 6) is 0. The van der Waals surface area contributed by atoms with Gasteiger partial charge in [-0.25, -0.2) is 0 Å². The molecule has 0 bridgehead atoms. The van der Waals surface area contributed by atoms with Gasteiger partial charge in [0.2, 0.25) is 0 Å². The van der Waals surface area contributed by atoms with E-state index in [1.165, 1.54) is 11.3 Å². The molecule has 1 unspecified atom stereocenters.